The number of ether oxygens (including phenoxy) is 1. The molecule has 3 unspecified atom stereocenters. The summed E-state index contributed by atoms with van der Waals surface area (Å²) >= 11 is 6.66. The molecule has 5 rings (SSSR count). The Morgan fingerprint density at radius 2 is 1.82 bits per heavy atom. The highest BCUT2D eigenvalue weighted by Gasteiger charge is 2.80. The smallest absolute Gasteiger partial charge is 0.253 e. The van der Waals surface area contributed by atoms with E-state index in [1.165, 1.54) is 4.90 Å². The minimum Gasteiger partial charge on any atom is -0.394 e. The molecule has 9 heteroatoms. The molecule has 44 heavy (non-hydrogen) atoms. The lowest BCUT2D eigenvalue weighted by Crippen LogP contribution is -2.59. The zero-order valence-corrected chi connectivity index (χ0v) is 26.7. The predicted molar refractivity (Wildman–Crippen MR) is 171 cm³/mol. The summed E-state index contributed by atoms with van der Waals surface area (Å²) in [6.07, 6.45) is 3.71. The minimum atomic E-state index is -1.27. The van der Waals surface area contributed by atoms with Crippen LogP contribution in [0.15, 0.2) is 73.8 Å². The van der Waals surface area contributed by atoms with E-state index in [0.29, 0.717) is 30.2 Å². The Hall–Kier alpha value is -3.46. The van der Waals surface area contributed by atoms with Crippen LogP contribution in [0.25, 0.3) is 0 Å². The van der Waals surface area contributed by atoms with Crippen molar-refractivity contribution in [2.24, 2.45) is 17.8 Å². The molecule has 0 aromatic heterocycles. The molecule has 1 N–H and O–H groups in total. The number of benzene rings is 2. The van der Waals surface area contributed by atoms with Gasteiger partial charge >= 0.3 is 0 Å². The summed E-state index contributed by atoms with van der Waals surface area (Å²) in [4.78, 5) is 48.7. The van der Waals surface area contributed by atoms with Crippen molar-refractivity contribution in [3.05, 3.63) is 90.0 Å². The van der Waals surface area contributed by atoms with E-state index in [0.717, 1.165) is 11.1 Å². The number of hydrogen-bond acceptors (Lipinski definition) is 5. The molecule has 3 fully saturated rings. The number of halogens is 1. The fraction of sp³-hybridized carbons (Fsp3) is 0.457. The largest absolute Gasteiger partial charge is 0.394 e. The minimum absolute atomic E-state index is 0.127. The van der Waals surface area contributed by atoms with Crippen LogP contribution in [0.4, 0.5) is 5.69 Å². The Morgan fingerprint density at radius 3 is 2.43 bits per heavy atom. The second-order valence-corrected chi connectivity index (χ2v) is 13.0. The average Bonchev–Trinajstić information content (AvgIpc) is 3.52. The third-order valence-corrected chi connectivity index (χ3v) is 10.2. The van der Waals surface area contributed by atoms with Crippen LogP contribution in [-0.4, -0.2) is 75.6 Å². The van der Waals surface area contributed by atoms with Crippen LogP contribution in [0.5, 0.6) is 0 Å². The topological polar surface area (TPSA) is 90.4 Å². The molecule has 3 aliphatic heterocycles. The molecule has 0 aliphatic carbocycles. The number of aliphatic hydroxyl groups is 1. The molecule has 3 amide bonds. The summed E-state index contributed by atoms with van der Waals surface area (Å²) in [5.41, 5.74) is 0.0229. The van der Waals surface area contributed by atoms with Crippen LogP contribution >= 0.6 is 11.6 Å². The molecule has 3 heterocycles. The van der Waals surface area contributed by atoms with Crippen LogP contribution in [0.1, 0.15) is 38.3 Å². The van der Waals surface area contributed by atoms with E-state index < -0.39 is 35.1 Å². The number of carbonyl (C=O) groups is 3. The van der Waals surface area contributed by atoms with Crippen molar-refractivity contribution in [1.29, 1.82) is 0 Å². The number of anilines is 1. The van der Waals surface area contributed by atoms with Gasteiger partial charge in [-0.2, -0.15) is 0 Å². The summed E-state index contributed by atoms with van der Waals surface area (Å²) in [5, 5.41) is 10.7. The maximum atomic E-state index is 14.9. The first kappa shape index (κ1) is 31.9. The SMILES string of the molecule is C=CCN(Cc1ccccc1)C(=O)[C@@H]1[C@H]2C(=O)N([C@H](C)CO)C(C(=O)N(CC=C)c3c(C)cccc3Cl)C23CC(C)[C@@]1(C)O3. The van der Waals surface area contributed by atoms with E-state index in [1.54, 1.807) is 34.9 Å². The Morgan fingerprint density at radius 1 is 1.14 bits per heavy atom. The van der Waals surface area contributed by atoms with Crippen molar-refractivity contribution in [1.82, 2.24) is 9.80 Å². The third-order valence-electron chi connectivity index (χ3n) is 9.91. The van der Waals surface area contributed by atoms with Crippen molar-refractivity contribution in [2.45, 2.75) is 63.9 Å². The number of amides is 3. The van der Waals surface area contributed by atoms with Crippen molar-refractivity contribution < 1.29 is 24.2 Å². The van der Waals surface area contributed by atoms with Crippen LogP contribution in [0.2, 0.25) is 5.02 Å². The van der Waals surface area contributed by atoms with Crippen molar-refractivity contribution in [2.75, 3.05) is 24.6 Å². The summed E-state index contributed by atoms with van der Waals surface area (Å²) < 4.78 is 6.93. The van der Waals surface area contributed by atoms with Gasteiger partial charge in [-0.3, -0.25) is 14.4 Å². The number of rotatable bonds is 11. The molecule has 2 aromatic rings. The van der Waals surface area contributed by atoms with Gasteiger partial charge in [0.15, 0.2) is 0 Å². The number of hydrogen-bond donors (Lipinski definition) is 1. The average molecular weight is 620 g/mol. The Labute approximate surface area is 264 Å². The van der Waals surface area contributed by atoms with Crippen molar-refractivity contribution >= 4 is 35.0 Å². The van der Waals surface area contributed by atoms with Gasteiger partial charge in [0.1, 0.15) is 11.6 Å². The highest BCUT2D eigenvalue weighted by Crippen LogP contribution is 2.66. The summed E-state index contributed by atoms with van der Waals surface area (Å²) in [5.74, 6) is -2.81. The third kappa shape index (κ3) is 4.88. The summed E-state index contributed by atoms with van der Waals surface area (Å²) in [7, 11) is 0. The first-order valence-electron chi connectivity index (χ1n) is 15.2. The number of carbonyl (C=O) groups excluding carboxylic acids is 3. The molecular weight excluding hydrogens is 578 g/mol. The van der Waals surface area contributed by atoms with Crippen molar-refractivity contribution in [3.63, 3.8) is 0 Å². The summed E-state index contributed by atoms with van der Waals surface area (Å²) in [6, 6.07) is 13.3. The zero-order valence-electron chi connectivity index (χ0n) is 25.9. The van der Waals surface area contributed by atoms with E-state index in [-0.39, 0.29) is 36.8 Å². The number of nitrogens with zero attached hydrogens (tertiary/aromatic N) is 3. The van der Waals surface area contributed by atoms with Gasteiger partial charge in [-0.05, 0) is 50.3 Å². The van der Waals surface area contributed by atoms with Gasteiger partial charge in [-0.15, -0.1) is 13.2 Å². The number of aryl methyl sites for hydroxylation is 1. The standard InChI is InChI=1S/C35H42ClN3O5/c1-7-17-37(20-25-14-10-9-11-15-25)31(41)27-28-32(42)39(24(5)21-40)30(35(28)19-23(4)34(27,6)44-35)33(43)38(18-8-2)29-22(3)13-12-16-26(29)36/h7-16,23-24,27-28,30,40H,1-2,17-21H2,3-6H3/t23?,24-,27+,28+,30?,34-,35?/m1/s1. The number of para-hydroxylation sites is 1. The highest BCUT2D eigenvalue weighted by atomic mass is 35.5. The predicted octanol–water partition coefficient (Wildman–Crippen LogP) is 4.77. The maximum absolute atomic E-state index is 14.9. The lowest BCUT2D eigenvalue weighted by atomic mass is 9.62. The second kappa shape index (κ2) is 12.1. The van der Waals surface area contributed by atoms with E-state index in [1.807, 2.05) is 63.2 Å². The quantitative estimate of drug-likeness (QED) is 0.366. The van der Waals surface area contributed by atoms with Crippen molar-refractivity contribution in [3.8, 4) is 0 Å². The second-order valence-electron chi connectivity index (χ2n) is 12.6. The van der Waals surface area contributed by atoms with Gasteiger partial charge in [-0.1, -0.05) is 73.1 Å². The first-order valence-corrected chi connectivity index (χ1v) is 15.6. The highest BCUT2D eigenvalue weighted by molar-refractivity contribution is 6.34. The monoisotopic (exact) mass is 619 g/mol. The van der Waals surface area contributed by atoms with Gasteiger partial charge in [0.05, 0.1) is 40.8 Å². The summed E-state index contributed by atoms with van der Waals surface area (Å²) in [6.45, 7) is 15.7. The molecule has 1 spiro atoms. The fourth-order valence-electron chi connectivity index (χ4n) is 7.82. The molecule has 234 valence electrons. The normalized spacial score (nSPS) is 29.3. The first-order chi connectivity index (χ1) is 21.0. The number of aliphatic hydroxyl groups excluding tert-OH is 1. The lowest BCUT2D eigenvalue weighted by Gasteiger charge is -2.39. The molecule has 3 saturated heterocycles. The maximum Gasteiger partial charge on any atom is 0.253 e. The molecule has 8 nitrogen and oxygen atoms in total. The van der Waals surface area contributed by atoms with Crippen LogP contribution in [0.3, 0.4) is 0 Å². The van der Waals surface area contributed by atoms with Gasteiger partial charge in [0.2, 0.25) is 11.8 Å². The lowest BCUT2D eigenvalue weighted by molar-refractivity contribution is -0.153. The molecule has 0 radical (unpaired) electrons. The van der Waals surface area contributed by atoms with Gasteiger partial charge in [0.25, 0.3) is 5.91 Å². The van der Waals surface area contributed by atoms with Gasteiger partial charge in [-0.25, -0.2) is 0 Å². The van der Waals surface area contributed by atoms with E-state index in [4.69, 9.17) is 16.3 Å². The van der Waals surface area contributed by atoms with Crippen LogP contribution < -0.4 is 4.90 Å². The molecular formula is C35H42ClN3O5. The molecule has 2 bridgehead atoms. The Bertz CT molecular complexity index is 1450. The molecule has 0 saturated carbocycles. The fourth-order valence-corrected chi connectivity index (χ4v) is 8.14. The van der Waals surface area contributed by atoms with E-state index in [9.17, 15) is 19.5 Å². The van der Waals surface area contributed by atoms with Gasteiger partial charge in [0, 0.05) is 19.6 Å². The Balaban J connectivity index is 1.62. The Kier molecular flexibility index (Phi) is 8.82. The van der Waals surface area contributed by atoms with E-state index in [2.05, 4.69) is 13.2 Å². The molecule has 3 aliphatic rings. The van der Waals surface area contributed by atoms with Gasteiger partial charge < -0.3 is 24.5 Å². The van der Waals surface area contributed by atoms with Crippen LogP contribution in [0, 0.1) is 24.7 Å². The number of likely N-dealkylation sites (tertiary alicyclic amines) is 1. The van der Waals surface area contributed by atoms with Crippen LogP contribution in [-0.2, 0) is 25.7 Å². The van der Waals surface area contributed by atoms with E-state index >= 15 is 0 Å². The number of fused-ring (bicyclic) bond motifs is 1. The zero-order chi connectivity index (χ0) is 32.0. The molecule has 7 atom stereocenters. The molecule has 2 aromatic carbocycles.